The van der Waals surface area contributed by atoms with Crippen LogP contribution >= 0.6 is 11.6 Å². The zero-order valence-electron chi connectivity index (χ0n) is 16.6. The van der Waals surface area contributed by atoms with E-state index in [-0.39, 0.29) is 29.4 Å². The van der Waals surface area contributed by atoms with Crippen LogP contribution in [-0.4, -0.2) is 34.4 Å². The summed E-state index contributed by atoms with van der Waals surface area (Å²) < 4.78 is 93.6. The molecule has 0 aromatic heterocycles. The van der Waals surface area contributed by atoms with Crippen LogP contribution in [0.3, 0.4) is 0 Å². The molecule has 1 aliphatic rings. The van der Waals surface area contributed by atoms with Gasteiger partial charge in [0, 0.05) is 12.9 Å². The van der Waals surface area contributed by atoms with Crippen molar-refractivity contribution in [3.8, 4) is 0 Å². The zero-order valence-corrected chi connectivity index (χ0v) is 19.0. The molecule has 170 valence electrons. The van der Waals surface area contributed by atoms with Gasteiger partial charge in [0.05, 0.1) is 31.2 Å². The largest absolute Gasteiger partial charge is 0.416 e. The summed E-state index contributed by atoms with van der Waals surface area (Å²) >= 11 is 6.09. The van der Waals surface area contributed by atoms with Crippen LogP contribution in [0.1, 0.15) is 37.0 Å². The van der Waals surface area contributed by atoms with Gasteiger partial charge in [0.2, 0.25) is 0 Å². The summed E-state index contributed by atoms with van der Waals surface area (Å²) in [6.07, 6.45) is -4.30. The van der Waals surface area contributed by atoms with E-state index in [4.69, 9.17) is 16.3 Å². The molecule has 0 N–H and O–H groups in total. The molecule has 2 aromatic carbocycles. The van der Waals surface area contributed by atoms with Crippen LogP contribution in [0.15, 0.2) is 52.3 Å². The molecule has 1 heterocycles. The minimum atomic E-state index is -4.66. The molecule has 0 spiro atoms. The van der Waals surface area contributed by atoms with Crippen LogP contribution < -0.4 is 0 Å². The summed E-state index contributed by atoms with van der Waals surface area (Å²) in [5.41, 5.74) is -0.550. The third kappa shape index (κ3) is 4.76. The molecule has 11 heteroatoms. The SMILES string of the molecule is CC1(S(=O)(=O)c2cccc(C(F)(F)F)c2)CCOC(c2ccc(S(C)(=O)=O)c(Cl)c2)C1. The predicted octanol–water partition coefficient (Wildman–Crippen LogP) is 4.85. The Bertz CT molecular complexity index is 1210. The highest BCUT2D eigenvalue weighted by Crippen LogP contribution is 2.43. The van der Waals surface area contributed by atoms with E-state index < -0.39 is 47.2 Å². The molecular weight excluding hydrogens is 477 g/mol. The third-order valence-corrected chi connectivity index (χ3v) is 9.54. The number of alkyl halides is 3. The first-order chi connectivity index (χ1) is 14.1. The number of hydrogen-bond acceptors (Lipinski definition) is 5. The third-order valence-electron chi connectivity index (χ3n) is 5.41. The summed E-state index contributed by atoms with van der Waals surface area (Å²) in [5.74, 6) is 0. The highest BCUT2D eigenvalue weighted by Gasteiger charge is 2.45. The molecule has 0 bridgehead atoms. The average Bonchev–Trinajstić information content (AvgIpc) is 2.66. The van der Waals surface area contributed by atoms with Crippen molar-refractivity contribution < 1.29 is 34.7 Å². The van der Waals surface area contributed by atoms with Gasteiger partial charge in [-0.2, -0.15) is 13.2 Å². The maximum absolute atomic E-state index is 13.3. The second-order valence-electron chi connectivity index (χ2n) is 7.75. The van der Waals surface area contributed by atoms with Crippen LogP contribution in [-0.2, 0) is 30.6 Å². The van der Waals surface area contributed by atoms with Crippen LogP contribution in [0.2, 0.25) is 5.02 Å². The van der Waals surface area contributed by atoms with E-state index >= 15 is 0 Å². The lowest BCUT2D eigenvalue weighted by atomic mass is 9.92. The molecule has 0 radical (unpaired) electrons. The molecule has 0 amide bonds. The van der Waals surface area contributed by atoms with Gasteiger partial charge in [-0.15, -0.1) is 0 Å². The minimum Gasteiger partial charge on any atom is -0.373 e. The van der Waals surface area contributed by atoms with Crippen molar-refractivity contribution in [2.75, 3.05) is 12.9 Å². The monoisotopic (exact) mass is 496 g/mol. The number of halogens is 4. The standard InChI is InChI=1S/C20H20ClF3O5S2/c1-19(31(27,28)15-5-3-4-14(11-15)20(22,23)24)8-9-29-17(12-19)13-6-7-18(16(21)10-13)30(2,25)26/h3-7,10-11,17H,8-9,12H2,1-2H3. The van der Waals surface area contributed by atoms with Gasteiger partial charge in [0.15, 0.2) is 19.7 Å². The van der Waals surface area contributed by atoms with E-state index in [0.29, 0.717) is 11.6 Å². The topological polar surface area (TPSA) is 77.5 Å². The summed E-state index contributed by atoms with van der Waals surface area (Å²) in [7, 11) is -7.68. The van der Waals surface area contributed by atoms with Gasteiger partial charge in [0.1, 0.15) is 0 Å². The Kier molecular flexibility index (Phi) is 6.25. The van der Waals surface area contributed by atoms with Crippen molar-refractivity contribution >= 4 is 31.3 Å². The maximum atomic E-state index is 13.3. The normalized spacial score (nSPS) is 23.0. The molecule has 1 fully saturated rings. The molecule has 0 aliphatic carbocycles. The van der Waals surface area contributed by atoms with E-state index in [1.54, 1.807) is 0 Å². The lowest BCUT2D eigenvalue weighted by Crippen LogP contribution is -2.42. The van der Waals surface area contributed by atoms with Gasteiger partial charge >= 0.3 is 6.18 Å². The molecule has 2 unspecified atom stereocenters. The van der Waals surface area contributed by atoms with E-state index in [2.05, 4.69) is 0 Å². The quantitative estimate of drug-likeness (QED) is 0.605. The Balaban J connectivity index is 1.96. The van der Waals surface area contributed by atoms with Crippen molar-refractivity contribution in [2.45, 2.75) is 46.6 Å². The summed E-state index contributed by atoms with van der Waals surface area (Å²) in [6.45, 7) is 1.54. The molecule has 1 saturated heterocycles. The highest BCUT2D eigenvalue weighted by molar-refractivity contribution is 7.92. The molecular formula is C20H20ClF3O5S2. The molecule has 2 aromatic rings. The molecule has 3 rings (SSSR count). The fourth-order valence-electron chi connectivity index (χ4n) is 3.57. The Hall–Kier alpha value is -1.62. The van der Waals surface area contributed by atoms with E-state index in [1.807, 2.05) is 0 Å². The van der Waals surface area contributed by atoms with E-state index in [0.717, 1.165) is 24.5 Å². The van der Waals surface area contributed by atoms with E-state index in [9.17, 15) is 30.0 Å². The van der Waals surface area contributed by atoms with Gasteiger partial charge in [-0.05, 0) is 55.7 Å². The minimum absolute atomic E-state index is 0.0170. The fraction of sp³-hybridized carbons (Fsp3) is 0.400. The van der Waals surface area contributed by atoms with Crippen molar-refractivity contribution in [3.05, 3.63) is 58.6 Å². The van der Waals surface area contributed by atoms with E-state index in [1.165, 1.54) is 25.1 Å². The van der Waals surface area contributed by atoms with Crippen molar-refractivity contribution in [3.63, 3.8) is 0 Å². The second-order valence-corrected chi connectivity index (χ2v) is 12.6. The predicted molar refractivity (Wildman–Crippen MR) is 110 cm³/mol. The smallest absolute Gasteiger partial charge is 0.373 e. The van der Waals surface area contributed by atoms with Crippen LogP contribution in [0, 0.1) is 0 Å². The maximum Gasteiger partial charge on any atom is 0.416 e. The highest BCUT2D eigenvalue weighted by atomic mass is 35.5. The first-order valence-corrected chi connectivity index (χ1v) is 12.9. The lowest BCUT2D eigenvalue weighted by Gasteiger charge is -2.38. The molecule has 31 heavy (non-hydrogen) atoms. The van der Waals surface area contributed by atoms with Gasteiger partial charge in [-0.3, -0.25) is 0 Å². The molecule has 5 nitrogen and oxygen atoms in total. The Morgan fingerprint density at radius 1 is 1.10 bits per heavy atom. The Morgan fingerprint density at radius 3 is 2.35 bits per heavy atom. The summed E-state index contributed by atoms with van der Waals surface area (Å²) in [5, 5.41) is -0.0170. The lowest BCUT2D eigenvalue weighted by molar-refractivity contribution is -0.137. The number of sulfone groups is 2. The first kappa shape index (κ1) is 24.0. The number of rotatable bonds is 4. The Morgan fingerprint density at radius 2 is 1.77 bits per heavy atom. The number of ether oxygens (including phenoxy) is 1. The number of hydrogen-bond donors (Lipinski definition) is 0. The van der Waals surface area contributed by atoms with Gasteiger partial charge in [-0.1, -0.05) is 23.7 Å². The van der Waals surface area contributed by atoms with Crippen LogP contribution in [0.4, 0.5) is 13.2 Å². The van der Waals surface area contributed by atoms with Crippen LogP contribution in [0.25, 0.3) is 0 Å². The number of benzene rings is 2. The average molecular weight is 497 g/mol. The molecule has 0 saturated carbocycles. The Labute approximate surface area is 184 Å². The van der Waals surface area contributed by atoms with Crippen molar-refractivity contribution in [2.24, 2.45) is 0 Å². The fourth-order valence-corrected chi connectivity index (χ4v) is 6.74. The molecule has 1 aliphatic heterocycles. The van der Waals surface area contributed by atoms with Gasteiger partial charge in [0.25, 0.3) is 0 Å². The first-order valence-electron chi connectivity index (χ1n) is 9.18. The molecule has 2 atom stereocenters. The van der Waals surface area contributed by atoms with Crippen molar-refractivity contribution in [1.82, 2.24) is 0 Å². The second kappa shape index (κ2) is 8.06. The summed E-state index contributed by atoms with van der Waals surface area (Å²) in [6, 6.07) is 7.91. The van der Waals surface area contributed by atoms with Crippen molar-refractivity contribution in [1.29, 1.82) is 0 Å². The zero-order chi connectivity index (χ0) is 23.2. The van der Waals surface area contributed by atoms with Gasteiger partial charge < -0.3 is 4.74 Å². The van der Waals surface area contributed by atoms with Gasteiger partial charge in [-0.25, -0.2) is 16.8 Å². The van der Waals surface area contributed by atoms with Crippen LogP contribution in [0.5, 0.6) is 0 Å². The summed E-state index contributed by atoms with van der Waals surface area (Å²) in [4.78, 5) is -0.469.